The number of nitrogens with zero attached hydrogens (tertiary/aromatic N) is 1. The van der Waals surface area contributed by atoms with Crippen molar-refractivity contribution in [2.75, 3.05) is 18.2 Å². The van der Waals surface area contributed by atoms with Gasteiger partial charge in [-0.05, 0) is 30.3 Å². The molecule has 0 saturated heterocycles. The van der Waals surface area contributed by atoms with Crippen LogP contribution in [0.4, 0.5) is 11.4 Å². The molecule has 0 fully saturated rings. The quantitative estimate of drug-likeness (QED) is 0.747. The summed E-state index contributed by atoms with van der Waals surface area (Å²) in [6.07, 6.45) is 0. The van der Waals surface area contributed by atoms with Gasteiger partial charge in [-0.15, -0.1) is 0 Å². The molecule has 106 valence electrons. The summed E-state index contributed by atoms with van der Waals surface area (Å²) in [6.45, 7) is 0. The number of nitrogens with one attached hydrogen (secondary N) is 1. The van der Waals surface area contributed by atoms with Gasteiger partial charge in [-0.1, -0.05) is 6.07 Å². The number of para-hydroxylation sites is 1. The lowest BCUT2D eigenvalue weighted by atomic mass is 10.1. The molecule has 0 saturated carbocycles. The van der Waals surface area contributed by atoms with Crippen LogP contribution in [0.15, 0.2) is 36.4 Å². The predicted molar refractivity (Wildman–Crippen MR) is 78.2 cm³/mol. The van der Waals surface area contributed by atoms with E-state index in [1.54, 1.807) is 12.1 Å². The zero-order valence-electron chi connectivity index (χ0n) is 11.3. The molecule has 0 radical (unpaired) electrons. The topological polar surface area (TPSA) is 108 Å². The van der Waals surface area contributed by atoms with Crippen molar-refractivity contribution in [3.63, 3.8) is 0 Å². The lowest BCUT2D eigenvalue weighted by Crippen LogP contribution is -2.13. The van der Waals surface area contributed by atoms with Gasteiger partial charge in [0.05, 0.1) is 35.7 Å². The van der Waals surface area contributed by atoms with E-state index in [-0.39, 0.29) is 22.7 Å². The van der Waals surface area contributed by atoms with Crippen LogP contribution in [0.1, 0.15) is 15.9 Å². The van der Waals surface area contributed by atoms with Gasteiger partial charge in [-0.25, -0.2) is 0 Å². The molecule has 0 atom stereocenters. The smallest absolute Gasteiger partial charge is 0.259 e. The summed E-state index contributed by atoms with van der Waals surface area (Å²) >= 11 is 0. The monoisotopic (exact) mass is 283 g/mol. The average molecular weight is 283 g/mol. The van der Waals surface area contributed by atoms with E-state index in [4.69, 9.17) is 15.7 Å². The number of amides is 1. The van der Waals surface area contributed by atoms with E-state index in [2.05, 4.69) is 5.32 Å². The number of rotatable bonds is 3. The summed E-state index contributed by atoms with van der Waals surface area (Å²) < 4.78 is 4.95. The Kier molecular flexibility index (Phi) is 3.95. The lowest BCUT2D eigenvalue weighted by molar-refractivity contribution is 0.102. The van der Waals surface area contributed by atoms with Crippen LogP contribution in [0.2, 0.25) is 0 Å². The molecule has 21 heavy (non-hydrogen) atoms. The number of nitriles is 1. The van der Waals surface area contributed by atoms with E-state index in [1.165, 1.54) is 31.4 Å². The van der Waals surface area contributed by atoms with Crippen LogP contribution >= 0.6 is 0 Å². The van der Waals surface area contributed by atoms with Gasteiger partial charge in [0.25, 0.3) is 5.91 Å². The highest BCUT2D eigenvalue weighted by molar-refractivity contribution is 6.07. The van der Waals surface area contributed by atoms with Crippen molar-refractivity contribution in [2.24, 2.45) is 0 Å². The van der Waals surface area contributed by atoms with Crippen LogP contribution in [0.3, 0.4) is 0 Å². The third-order valence-corrected chi connectivity index (χ3v) is 2.89. The molecular weight excluding hydrogens is 270 g/mol. The minimum atomic E-state index is -0.525. The second kappa shape index (κ2) is 5.84. The highest BCUT2D eigenvalue weighted by atomic mass is 16.5. The number of ether oxygens (including phenoxy) is 1. The highest BCUT2D eigenvalue weighted by Gasteiger charge is 2.15. The molecule has 6 heteroatoms. The van der Waals surface area contributed by atoms with E-state index in [0.717, 1.165) is 0 Å². The largest absolute Gasteiger partial charge is 0.504 e. The van der Waals surface area contributed by atoms with E-state index in [9.17, 15) is 9.90 Å². The zero-order valence-corrected chi connectivity index (χ0v) is 11.3. The number of nitrogens with two attached hydrogens (primary N) is 1. The van der Waals surface area contributed by atoms with E-state index >= 15 is 0 Å². The molecule has 2 aromatic rings. The lowest BCUT2D eigenvalue weighted by Gasteiger charge is -2.11. The first-order valence-corrected chi connectivity index (χ1v) is 6.03. The Morgan fingerprint density at radius 3 is 2.76 bits per heavy atom. The van der Waals surface area contributed by atoms with Crippen molar-refractivity contribution in [1.29, 1.82) is 5.26 Å². The second-order valence-corrected chi connectivity index (χ2v) is 4.22. The van der Waals surface area contributed by atoms with Crippen molar-refractivity contribution in [1.82, 2.24) is 0 Å². The molecule has 0 aliphatic rings. The summed E-state index contributed by atoms with van der Waals surface area (Å²) in [6, 6.07) is 11.1. The number of methoxy groups -OCH3 is 1. The molecule has 0 aliphatic carbocycles. The number of hydrogen-bond acceptors (Lipinski definition) is 5. The normalized spacial score (nSPS) is 9.71. The SMILES string of the molecule is COc1cccc(C(=O)Nc2ccc(C#N)cc2N)c1O. The molecule has 0 unspecified atom stereocenters. The van der Waals surface area contributed by atoms with Crippen LogP contribution in [0.25, 0.3) is 0 Å². The maximum atomic E-state index is 12.2. The minimum absolute atomic E-state index is 0.0677. The first kappa shape index (κ1) is 14.2. The van der Waals surface area contributed by atoms with Crippen LogP contribution in [0, 0.1) is 11.3 Å². The van der Waals surface area contributed by atoms with Crippen molar-refractivity contribution < 1.29 is 14.6 Å². The Labute approximate surface area is 121 Å². The van der Waals surface area contributed by atoms with E-state index < -0.39 is 5.91 Å². The molecule has 4 N–H and O–H groups in total. The minimum Gasteiger partial charge on any atom is -0.504 e. The number of carbonyl (C=O) groups is 1. The number of nitrogen functional groups attached to an aromatic ring is 1. The van der Waals surface area contributed by atoms with Crippen LogP contribution in [-0.4, -0.2) is 18.1 Å². The number of aromatic hydroxyl groups is 1. The molecular formula is C15H13N3O3. The van der Waals surface area contributed by atoms with E-state index in [0.29, 0.717) is 11.3 Å². The fourth-order valence-electron chi connectivity index (χ4n) is 1.81. The fourth-order valence-corrected chi connectivity index (χ4v) is 1.81. The summed E-state index contributed by atoms with van der Waals surface area (Å²) in [5.41, 5.74) is 6.86. The number of phenols is 1. The molecule has 0 bridgehead atoms. The van der Waals surface area contributed by atoms with Crippen molar-refractivity contribution in [3.05, 3.63) is 47.5 Å². The summed E-state index contributed by atoms with van der Waals surface area (Å²) in [4.78, 5) is 12.2. The maximum absolute atomic E-state index is 12.2. The predicted octanol–water partition coefficient (Wildman–Crippen LogP) is 2.11. The Bertz CT molecular complexity index is 735. The number of carbonyl (C=O) groups excluding carboxylic acids is 1. The van der Waals surface area contributed by atoms with Crippen LogP contribution in [0.5, 0.6) is 11.5 Å². The Hall–Kier alpha value is -3.20. The Morgan fingerprint density at radius 2 is 2.14 bits per heavy atom. The van der Waals surface area contributed by atoms with Crippen LogP contribution in [-0.2, 0) is 0 Å². The summed E-state index contributed by atoms with van der Waals surface area (Å²) in [7, 11) is 1.40. The number of hydrogen-bond donors (Lipinski definition) is 3. The first-order valence-electron chi connectivity index (χ1n) is 6.03. The molecule has 0 spiro atoms. The fraction of sp³-hybridized carbons (Fsp3) is 0.0667. The van der Waals surface area contributed by atoms with Crippen molar-refractivity contribution in [3.8, 4) is 17.6 Å². The van der Waals surface area contributed by atoms with Gasteiger partial charge in [-0.3, -0.25) is 4.79 Å². The van der Waals surface area contributed by atoms with Gasteiger partial charge in [0, 0.05) is 0 Å². The Morgan fingerprint density at radius 1 is 1.38 bits per heavy atom. The molecule has 1 amide bonds. The highest BCUT2D eigenvalue weighted by Crippen LogP contribution is 2.30. The van der Waals surface area contributed by atoms with Gasteiger partial charge < -0.3 is 20.9 Å². The van der Waals surface area contributed by atoms with Gasteiger partial charge in [0.15, 0.2) is 11.5 Å². The van der Waals surface area contributed by atoms with Crippen molar-refractivity contribution in [2.45, 2.75) is 0 Å². The number of anilines is 2. The average Bonchev–Trinajstić information content (AvgIpc) is 2.49. The van der Waals surface area contributed by atoms with E-state index in [1.807, 2.05) is 6.07 Å². The molecule has 2 rings (SSSR count). The third kappa shape index (κ3) is 2.87. The second-order valence-electron chi connectivity index (χ2n) is 4.22. The molecule has 0 heterocycles. The van der Waals surface area contributed by atoms with Crippen LogP contribution < -0.4 is 15.8 Å². The number of phenolic OH excluding ortho intramolecular Hbond substituents is 1. The summed E-state index contributed by atoms with van der Waals surface area (Å²) in [5.74, 6) is -0.567. The third-order valence-electron chi connectivity index (χ3n) is 2.89. The number of benzene rings is 2. The standard InChI is InChI=1S/C15H13N3O3/c1-21-13-4-2-3-10(14(13)19)15(20)18-12-6-5-9(8-16)7-11(12)17/h2-7,19H,17H2,1H3,(H,18,20). The van der Waals surface area contributed by atoms with Gasteiger partial charge in [0.2, 0.25) is 0 Å². The van der Waals surface area contributed by atoms with Gasteiger partial charge >= 0.3 is 0 Å². The molecule has 2 aromatic carbocycles. The first-order chi connectivity index (χ1) is 10.1. The van der Waals surface area contributed by atoms with Gasteiger partial charge in [0.1, 0.15) is 0 Å². The molecule has 6 nitrogen and oxygen atoms in total. The Balaban J connectivity index is 2.29. The maximum Gasteiger partial charge on any atom is 0.259 e. The summed E-state index contributed by atoms with van der Waals surface area (Å²) in [5, 5.41) is 21.3. The molecule has 0 aliphatic heterocycles. The zero-order chi connectivity index (χ0) is 15.4. The molecule has 0 aromatic heterocycles. The van der Waals surface area contributed by atoms with Crippen molar-refractivity contribution >= 4 is 17.3 Å². The van der Waals surface area contributed by atoms with Gasteiger partial charge in [-0.2, -0.15) is 5.26 Å².